The molecule has 1 heterocycles. The molecular formula is C12H19N3OS. The number of amides is 1. The molecule has 1 saturated carbocycles. The molecule has 0 spiro atoms. The van der Waals surface area contributed by atoms with Crippen LogP contribution < -0.4 is 11.1 Å². The zero-order valence-electron chi connectivity index (χ0n) is 9.89. The van der Waals surface area contributed by atoms with E-state index in [2.05, 4.69) is 10.3 Å². The fraction of sp³-hybridized carbons (Fsp3) is 0.667. The van der Waals surface area contributed by atoms with E-state index in [0.29, 0.717) is 24.9 Å². The fourth-order valence-corrected chi connectivity index (χ4v) is 2.98. The van der Waals surface area contributed by atoms with E-state index in [9.17, 15) is 4.79 Å². The number of rotatable bonds is 5. The van der Waals surface area contributed by atoms with E-state index in [1.807, 2.05) is 5.38 Å². The number of hydrogen-bond donors (Lipinski definition) is 2. The third kappa shape index (κ3) is 3.51. The zero-order chi connectivity index (χ0) is 12.1. The second kappa shape index (κ2) is 6.12. The van der Waals surface area contributed by atoms with Crippen molar-refractivity contribution in [2.24, 2.45) is 11.7 Å². The molecule has 2 atom stereocenters. The first-order chi connectivity index (χ1) is 8.29. The van der Waals surface area contributed by atoms with Gasteiger partial charge >= 0.3 is 0 Å². The van der Waals surface area contributed by atoms with E-state index >= 15 is 0 Å². The molecule has 17 heavy (non-hydrogen) atoms. The quantitative estimate of drug-likeness (QED) is 0.831. The molecule has 0 aromatic carbocycles. The number of nitrogens with zero attached hydrogens (tertiary/aromatic N) is 1. The van der Waals surface area contributed by atoms with Crippen LogP contribution in [-0.4, -0.2) is 23.5 Å². The molecule has 4 nitrogen and oxygen atoms in total. The van der Waals surface area contributed by atoms with Crippen LogP contribution in [0.1, 0.15) is 31.4 Å². The molecule has 0 radical (unpaired) electrons. The summed E-state index contributed by atoms with van der Waals surface area (Å²) in [5.41, 5.74) is 8.50. The summed E-state index contributed by atoms with van der Waals surface area (Å²) in [7, 11) is 0. The molecule has 1 amide bonds. The molecule has 94 valence electrons. The lowest BCUT2D eigenvalue weighted by Gasteiger charge is -2.19. The van der Waals surface area contributed by atoms with Gasteiger partial charge in [0.1, 0.15) is 0 Å². The van der Waals surface area contributed by atoms with Crippen molar-refractivity contribution in [2.75, 3.05) is 6.54 Å². The molecular weight excluding hydrogens is 234 g/mol. The van der Waals surface area contributed by atoms with Crippen molar-refractivity contribution in [1.29, 1.82) is 0 Å². The summed E-state index contributed by atoms with van der Waals surface area (Å²) >= 11 is 1.57. The number of thiazole rings is 1. The van der Waals surface area contributed by atoms with Crippen LogP contribution in [0.3, 0.4) is 0 Å². The highest BCUT2D eigenvalue weighted by Crippen LogP contribution is 2.24. The topological polar surface area (TPSA) is 68.0 Å². The Morgan fingerprint density at radius 2 is 2.47 bits per heavy atom. The van der Waals surface area contributed by atoms with Crippen molar-refractivity contribution in [3.05, 3.63) is 16.6 Å². The van der Waals surface area contributed by atoms with Gasteiger partial charge in [-0.15, -0.1) is 11.3 Å². The normalized spacial score (nSPS) is 23.8. The first kappa shape index (κ1) is 12.5. The molecule has 2 rings (SSSR count). The Labute approximate surface area is 106 Å². The van der Waals surface area contributed by atoms with Crippen molar-refractivity contribution in [3.63, 3.8) is 0 Å². The Morgan fingerprint density at radius 3 is 3.18 bits per heavy atom. The van der Waals surface area contributed by atoms with Crippen molar-refractivity contribution in [1.82, 2.24) is 10.3 Å². The average Bonchev–Trinajstić information content (AvgIpc) is 2.97. The number of carbonyl (C=O) groups excluding carboxylic acids is 1. The van der Waals surface area contributed by atoms with Gasteiger partial charge in [0.15, 0.2) is 0 Å². The summed E-state index contributed by atoms with van der Waals surface area (Å²) in [5, 5.41) is 5.09. The standard InChI is InChI=1S/C12H19N3OS/c13-6-9-2-1-3-11(9)15-12(16)5-4-10-7-17-8-14-10/h7-9,11H,1-6,13H2,(H,15,16). The third-order valence-electron chi connectivity index (χ3n) is 3.40. The Bertz CT molecular complexity index is 353. The maximum Gasteiger partial charge on any atom is 0.220 e. The van der Waals surface area contributed by atoms with Gasteiger partial charge in [-0.3, -0.25) is 4.79 Å². The van der Waals surface area contributed by atoms with Crippen LogP contribution in [0.25, 0.3) is 0 Å². The van der Waals surface area contributed by atoms with Gasteiger partial charge in [0.2, 0.25) is 5.91 Å². The van der Waals surface area contributed by atoms with Gasteiger partial charge in [0, 0.05) is 17.8 Å². The van der Waals surface area contributed by atoms with E-state index in [0.717, 1.165) is 25.0 Å². The first-order valence-electron chi connectivity index (χ1n) is 6.16. The van der Waals surface area contributed by atoms with Gasteiger partial charge < -0.3 is 11.1 Å². The SMILES string of the molecule is NCC1CCCC1NC(=O)CCc1cscn1. The average molecular weight is 253 g/mol. The molecule has 0 saturated heterocycles. The van der Waals surface area contributed by atoms with E-state index in [1.54, 1.807) is 16.8 Å². The predicted octanol–water partition coefficient (Wildman–Crippen LogP) is 1.32. The lowest BCUT2D eigenvalue weighted by molar-refractivity contribution is -0.122. The Morgan fingerprint density at radius 1 is 1.59 bits per heavy atom. The number of aryl methyl sites for hydroxylation is 1. The molecule has 5 heteroatoms. The van der Waals surface area contributed by atoms with E-state index < -0.39 is 0 Å². The van der Waals surface area contributed by atoms with E-state index in [1.165, 1.54) is 6.42 Å². The van der Waals surface area contributed by atoms with Crippen LogP contribution in [0.5, 0.6) is 0 Å². The summed E-state index contributed by atoms with van der Waals surface area (Å²) in [6.07, 6.45) is 4.66. The minimum absolute atomic E-state index is 0.128. The van der Waals surface area contributed by atoms with Crippen LogP contribution in [-0.2, 0) is 11.2 Å². The molecule has 3 N–H and O–H groups in total. The monoisotopic (exact) mass is 253 g/mol. The fourth-order valence-electron chi connectivity index (χ4n) is 2.39. The summed E-state index contributed by atoms with van der Waals surface area (Å²) in [6, 6.07) is 0.294. The lowest BCUT2D eigenvalue weighted by Crippen LogP contribution is -2.39. The Kier molecular flexibility index (Phi) is 4.50. The Hall–Kier alpha value is -0.940. The smallest absolute Gasteiger partial charge is 0.220 e. The number of nitrogens with two attached hydrogens (primary N) is 1. The largest absolute Gasteiger partial charge is 0.353 e. The number of carbonyl (C=O) groups is 1. The third-order valence-corrected chi connectivity index (χ3v) is 4.04. The van der Waals surface area contributed by atoms with Crippen LogP contribution in [0.4, 0.5) is 0 Å². The Balaban J connectivity index is 1.73. The molecule has 0 bridgehead atoms. The highest BCUT2D eigenvalue weighted by atomic mass is 32.1. The van der Waals surface area contributed by atoms with E-state index in [-0.39, 0.29) is 5.91 Å². The molecule has 1 aromatic heterocycles. The summed E-state index contributed by atoms with van der Waals surface area (Å²) in [6.45, 7) is 0.678. The highest BCUT2D eigenvalue weighted by Gasteiger charge is 2.26. The number of hydrogen-bond acceptors (Lipinski definition) is 4. The molecule has 2 unspecified atom stereocenters. The van der Waals surface area contributed by atoms with Gasteiger partial charge in [0.25, 0.3) is 0 Å². The number of nitrogens with one attached hydrogen (secondary N) is 1. The van der Waals surface area contributed by atoms with Crippen LogP contribution >= 0.6 is 11.3 Å². The molecule has 1 fully saturated rings. The number of aromatic nitrogens is 1. The molecule has 0 aliphatic heterocycles. The van der Waals surface area contributed by atoms with Crippen molar-refractivity contribution >= 4 is 17.2 Å². The summed E-state index contributed by atoms with van der Waals surface area (Å²) < 4.78 is 0. The minimum atomic E-state index is 0.128. The van der Waals surface area contributed by atoms with Gasteiger partial charge in [-0.2, -0.15) is 0 Å². The maximum atomic E-state index is 11.8. The second-order valence-corrected chi connectivity index (χ2v) is 5.30. The van der Waals surface area contributed by atoms with Crippen LogP contribution in [0, 0.1) is 5.92 Å². The van der Waals surface area contributed by atoms with E-state index in [4.69, 9.17) is 5.73 Å². The lowest BCUT2D eigenvalue weighted by atomic mass is 10.0. The molecule has 1 aliphatic carbocycles. The molecule has 1 aromatic rings. The maximum absolute atomic E-state index is 11.8. The van der Waals surface area contributed by atoms with Gasteiger partial charge in [-0.25, -0.2) is 4.98 Å². The van der Waals surface area contributed by atoms with Gasteiger partial charge in [0.05, 0.1) is 11.2 Å². The highest BCUT2D eigenvalue weighted by molar-refractivity contribution is 7.07. The van der Waals surface area contributed by atoms with Gasteiger partial charge in [-0.05, 0) is 31.7 Å². The van der Waals surface area contributed by atoms with Crippen molar-refractivity contribution in [3.8, 4) is 0 Å². The van der Waals surface area contributed by atoms with Gasteiger partial charge in [-0.1, -0.05) is 6.42 Å². The second-order valence-electron chi connectivity index (χ2n) is 4.58. The van der Waals surface area contributed by atoms with Crippen molar-refractivity contribution < 1.29 is 4.79 Å². The minimum Gasteiger partial charge on any atom is -0.353 e. The first-order valence-corrected chi connectivity index (χ1v) is 7.10. The van der Waals surface area contributed by atoms with Crippen LogP contribution in [0.15, 0.2) is 10.9 Å². The zero-order valence-corrected chi connectivity index (χ0v) is 10.7. The molecule has 1 aliphatic rings. The summed E-state index contributed by atoms with van der Waals surface area (Å²) in [5.74, 6) is 0.599. The van der Waals surface area contributed by atoms with Crippen LogP contribution in [0.2, 0.25) is 0 Å². The van der Waals surface area contributed by atoms with Crippen molar-refractivity contribution in [2.45, 2.75) is 38.1 Å². The summed E-state index contributed by atoms with van der Waals surface area (Å²) in [4.78, 5) is 15.9. The predicted molar refractivity (Wildman–Crippen MR) is 68.8 cm³/mol.